The Hall–Kier alpha value is -1.31. The smallest absolute Gasteiger partial charge is 0.128 e. The molecule has 110 valence electrons. The average Bonchev–Trinajstić information content (AvgIpc) is 2.38. The van der Waals surface area contributed by atoms with Gasteiger partial charge in [0.05, 0.1) is 0 Å². The Bertz CT molecular complexity index is 477. The van der Waals surface area contributed by atoms with Crippen LogP contribution in [-0.2, 0) is 5.41 Å². The molecule has 1 N–H and O–H groups in total. The number of aliphatic imine (C=N–C) groups is 1. The summed E-state index contributed by atoms with van der Waals surface area (Å²) in [7, 11) is 0. The highest BCUT2D eigenvalue weighted by Crippen LogP contribution is 2.32. The van der Waals surface area contributed by atoms with Crippen LogP contribution >= 0.6 is 0 Å². The quantitative estimate of drug-likeness (QED) is 0.779. The molecule has 1 aliphatic carbocycles. The van der Waals surface area contributed by atoms with Crippen molar-refractivity contribution < 1.29 is 5.11 Å². The van der Waals surface area contributed by atoms with Crippen LogP contribution in [-0.4, -0.2) is 17.4 Å². The first kappa shape index (κ1) is 15.1. The van der Waals surface area contributed by atoms with Gasteiger partial charge in [0.15, 0.2) is 0 Å². The Morgan fingerprint density at radius 2 is 1.80 bits per heavy atom. The lowest BCUT2D eigenvalue weighted by atomic mass is 9.85. The Morgan fingerprint density at radius 1 is 1.15 bits per heavy atom. The van der Waals surface area contributed by atoms with Crippen molar-refractivity contribution >= 4 is 6.21 Å². The van der Waals surface area contributed by atoms with Crippen LogP contribution in [0.3, 0.4) is 0 Å². The molecule has 0 radical (unpaired) electrons. The molecule has 2 heteroatoms. The average molecular weight is 273 g/mol. The van der Waals surface area contributed by atoms with Gasteiger partial charge in [-0.15, -0.1) is 0 Å². The summed E-state index contributed by atoms with van der Waals surface area (Å²) in [5.74, 6) is 1.23. The van der Waals surface area contributed by atoms with Crippen LogP contribution in [0.25, 0.3) is 0 Å². The van der Waals surface area contributed by atoms with Crippen LogP contribution in [0, 0.1) is 5.92 Å². The topological polar surface area (TPSA) is 32.6 Å². The Kier molecular flexibility index (Phi) is 4.52. The summed E-state index contributed by atoms with van der Waals surface area (Å²) < 4.78 is 0. The van der Waals surface area contributed by atoms with Crippen molar-refractivity contribution in [3.8, 4) is 5.75 Å². The number of para-hydroxylation sites is 1. The lowest BCUT2D eigenvalue weighted by Crippen LogP contribution is -2.15. The van der Waals surface area contributed by atoms with Crippen molar-refractivity contribution in [3.63, 3.8) is 0 Å². The van der Waals surface area contributed by atoms with Gasteiger partial charge in [0, 0.05) is 17.8 Å². The molecular weight excluding hydrogens is 246 g/mol. The highest BCUT2D eigenvalue weighted by molar-refractivity contribution is 5.84. The van der Waals surface area contributed by atoms with Gasteiger partial charge in [0.2, 0.25) is 0 Å². The third-order valence-electron chi connectivity index (χ3n) is 4.29. The predicted octanol–water partition coefficient (Wildman–Crippen LogP) is 4.69. The molecule has 2 rings (SSSR count). The molecule has 0 spiro atoms. The third-order valence-corrected chi connectivity index (χ3v) is 4.29. The molecule has 1 aromatic carbocycles. The van der Waals surface area contributed by atoms with Crippen molar-refractivity contribution in [1.29, 1.82) is 0 Å². The number of phenolic OH excluding ortho intramolecular Hbond substituents is 1. The number of hydrogen-bond donors (Lipinski definition) is 1. The highest BCUT2D eigenvalue weighted by atomic mass is 16.3. The minimum absolute atomic E-state index is 0.0474. The minimum Gasteiger partial charge on any atom is -0.507 e. The van der Waals surface area contributed by atoms with E-state index in [0.717, 1.165) is 17.0 Å². The lowest BCUT2D eigenvalue weighted by molar-refractivity contribution is 0.350. The van der Waals surface area contributed by atoms with E-state index in [1.165, 1.54) is 25.7 Å². The van der Waals surface area contributed by atoms with E-state index in [0.29, 0.717) is 11.8 Å². The number of hydrogen-bond acceptors (Lipinski definition) is 2. The van der Waals surface area contributed by atoms with E-state index in [2.05, 4.69) is 32.7 Å². The van der Waals surface area contributed by atoms with E-state index < -0.39 is 0 Å². The summed E-state index contributed by atoms with van der Waals surface area (Å²) in [6, 6.07) is 6.38. The molecule has 0 bridgehead atoms. The summed E-state index contributed by atoms with van der Waals surface area (Å²) >= 11 is 0. The van der Waals surface area contributed by atoms with Gasteiger partial charge in [-0.25, -0.2) is 0 Å². The maximum absolute atomic E-state index is 10.4. The molecule has 0 atom stereocenters. The maximum Gasteiger partial charge on any atom is 0.128 e. The zero-order chi connectivity index (χ0) is 14.8. The van der Waals surface area contributed by atoms with Crippen molar-refractivity contribution in [2.45, 2.75) is 64.8 Å². The van der Waals surface area contributed by atoms with Crippen LogP contribution in [0.15, 0.2) is 23.2 Å². The first-order valence-corrected chi connectivity index (χ1v) is 7.73. The fourth-order valence-electron chi connectivity index (χ4n) is 2.85. The fraction of sp³-hybridized carbons (Fsp3) is 0.611. The molecule has 20 heavy (non-hydrogen) atoms. The molecule has 0 amide bonds. The fourth-order valence-corrected chi connectivity index (χ4v) is 2.85. The second kappa shape index (κ2) is 5.99. The standard InChI is InChI=1S/C18H27NO/c1-13-8-10-15(11-9-13)19-12-14-6-5-7-16(17(14)20)18(2,3)4/h5-7,12-13,15,20H,8-11H2,1-4H3. The molecule has 1 aliphatic rings. The van der Waals surface area contributed by atoms with E-state index >= 15 is 0 Å². The van der Waals surface area contributed by atoms with Gasteiger partial charge >= 0.3 is 0 Å². The highest BCUT2D eigenvalue weighted by Gasteiger charge is 2.20. The van der Waals surface area contributed by atoms with Gasteiger partial charge in [0.25, 0.3) is 0 Å². The summed E-state index contributed by atoms with van der Waals surface area (Å²) in [4.78, 5) is 4.69. The monoisotopic (exact) mass is 273 g/mol. The second-order valence-electron chi connectivity index (χ2n) is 7.19. The first-order valence-electron chi connectivity index (χ1n) is 7.73. The molecule has 1 aromatic rings. The molecule has 0 unspecified atom stereocenters. The van der Waals surface area contributed by atoms with Gasteiger partial charge in [-0.1, -0.05) is 39.8 Å². The molecule has 1 fully saturated rings. The van der Waals surface area contributed by atoms with E-state index in [4.69, 9.17) is 0 Å². The Morgan fingerprint density at radius 3 is 2.40 bits per heavy atom. The van der Waals surface area contributed by atoms with Crippen LogP contribution in [0.5, 0.6) is 5.75 Å². The van der Waals surface area contributed by atoms with Crippen LogP contribution in [0.1, 0.15) is 64.5 Å². The number of aromatic hydroxyl groups is 1. The zero-order valence-electron chi connectivity index (χ0n) is 13.2. The van der Waals surface area contributed by atoms with Crippen molar-refractivity contribution in [3.05, 3.63) is 29.3 Å². The van der Waals surface area contributed by atoms with Gasteiger partial charge in [-0.2, -0.15) is 0 Å². The van der Waals surface area contributed by atoms with Crippen molar-refractivity contribution in [2.24, 2.45) is 10.9 Å². The molecule has 0 heterocycles. The number of phenols is 1. The van der Waals surface area contributed by atoms with Crippen LogP contribution in [0.2, 0.25) is 0 Å². The third kappa shape index (κ3) is 3.62. The minimum atomic E-state index is -0.0474. The summed E-state index contributed by atoms with van der Waals surface area (Å²) in [5.41, 5.74) is 1.78. The lowest BCUT2D eigenvalue weighted by Gasteiger charge is -2.23. The molecule has 0 saturated heterocycles. The van der Waals surface area contributed by atoms with Crippen LogP contribution < -0.4 is 0 Å². The Labute approximate surface area is 122 Å². The second-order valence-corrected chi connectivity index (χ2v) is 7.19. The Balaban J connectivity index is 2.14. The first-order chi connectivity index (χ1) is 9.38. The van der Waals surface area contributed by atoms with E-state index in [9.17, 15) is 5.11 Å². The molecule has 0 aliphatic heterocycles. The summed E-state index contributed by atoms with van der Waals surface area (Å²) in [5, 5.41) is 10.4. The number of nitrogens with zero attached hydrogens (tertiary/aromatic N) is 1. The number of benzene rings is 1. The maximum atomic E-state index is 10.4. The van der Waals surface area contributed by atoms with E-state index in [1.807, 2.05) is 24.4 Å². The van der Waals surface area contributed by atoms with Gasteiger partial charge in [-0.3, -0.25) is 4.99 Å². The van der Waals surface area contributed by atoms with Gasteiger partial charge < -0.3 is 5.11 Å². The van der Waals surface area contributed by atoms with Crippen molar-refractivity contribution in [2.75, 3.05) is 0 Å². The van der Waals surface area contributed by atoms with E-state index in [-0.39, 0.29) is 5.41 Å². The largest absolute Gasteiger partial charge is 0.507 e. The molecule has 0 aromatic heterocycles. The zero-order valence-corrected chi connectivity index (χ0v) is 13.2. The molecule has 1 saturated carbocycles. The molecular formula is C18H27NO. The van der Waals surface area contributed by atoms with Gasteiger partial charge in [-0.05, 0) is 48.6 Å². The van der Waals surface area contributed by atoms with Crippen LogP contribution in [0.4, 0.5) is 0 Å². The number of rotatable bonds is 2. The predicted molar refractivity (Wildman–Crippen MR) is 85.8 cm³/mol. The summed E-state index contributed by atoms with van der Waals surface area (Å²) in [6.07, 6.45) is 6.77. The van der Waals surface area contributed by atoms with E-state index in [1.54, 1.807) is 0 Å². The van der Waals surface area contributed by atoms with Crippen molar-refractivity contribution in [1.82, 2.24) is 0 Å². The summed E-state index contributed by atoms with van der Waals surface area (Å²) in [6.45, 7) is 8.67. The molecule has 2 nitrogen and oxygen atoms in total. The van der Waals surface area contributed by atoms with Gasteiger partial charge in [0.1, 0.15) is 5.75 Å². The normalized spacial score (nSPS) is 24.2. The SMILES string of the molecule is CC1CCC(N=Cc2cccc(C(C)(C)C)c2O)CC1.